The zero-order valence-corrected chi connectivity index (χ0v) is 17.9. The fourth-order valence-corrected chi connectivity index (χ4v) is 4.57. The van der Waals surface area contributed by atoms with E-state index in [0.29, 0.717) is 18.7 Å². The number of likely N-dealkylation sites (tertiary alicyclic amines) is 1. The summed E-state index contributed by atoms with van der Waals surface area (Å²) in [4.78, 5) is 15.2. The van der Waals surface area contributed by atoms with Gasteiger partial charge in [0.2, 0.25) is 0 Å². The minimum Gasteiger partial charge on any atom is -0.491 e. The van der Waals surface area contributed by atoms with E-state index in [-0.39, 0.29) is 5.91 Å². The van der Waals surface area contributed by atoms with Crippen molar-refractivity contribution in [2.75, 3.05) is 26.2 Å². The number of ether oxygens (including phenoxy) is 1. The normalized spacial score (nSPS) is 16.5. The number of hydrogen-bond donors (Lipinski definition) is 1. The third kappa shape index (κ3) is 4.08. The van der Waals surface area contributed by atoms with Crippen molar-refractivity contribution < 1.29 is 9.53 Å². The van der Waals surface area contributed by atoms with Gasteiger partial charge < -0.3 is 10.1 Å². The highest BCUT2D eigenvalue weighted by Gasteiger charge is 2.25. The Hall–Kier alpha value is -3.12. The first-order chi connectivity index (χ1) is 15.2. The van der Waals surface area contributed by atoms with Crippen molar-refractivity contribution in [3.8, 4) is 11.4 Å². The molecular formula is C25H28N4O2. The van der Waals surface area contributed by atoms with Gasteiger partial charge in [0.15, 0.2) is 0 Å². The number of nitrogens with one attached hydrogen (secondary N) is 1. The fraction of sp³-hybridized carbons (Fsp3) is 0.360. The molecule has 0 unspecified atom stereocenters. The van der Waals surface area contributed by atoms with Gasteiger partial charge in [-0.3, -0.25) is 9.69 Å². The third-order valence-corrected chi connectivity index (χ3v) is 6.33. The van der Waals surface area contributed by atoms with Gasteiger partial charge in [-0.2, -0.15) is 5.10 Å². The Kier molecular flexibility index (Phi) is 5.47. The molecule has 6 nitrogen and oxygen atoms in total. The molecule has 6 heteroatoms. The fourth-order valence-electron chi connectivity index (χ4n) is 4.57. The van der Waals surface area contributed by atoms with Gasteiger partial charge >= 0.3 is 0 Å². The first-order valence-electron chi connectivity index (χ1n) is 11.1. The van der Waals surface area contributed by atoms with Crippen molar-refractivity contribution in [1.29, 1.82) is 0 Å². The zero-order chi connectivity index (χ0) is 21.2. The molecular weight excluding hydrogens is 388 g/mol. The maximum absolute atomic E-state index is 12.8. The minimum atomic E-state index is -0.0366. The van der Waals surface area contributed by atoms with E-state index in [4.69, 9.17) is 4.74 Å². The lowest BCUT2D eigenvalue weighted by atomic mass is 9.92. The van der Waals surface area contributed by atoms with Crippen molar-refractivity contribution in [3.63, 3.8) is 0 Å². The van der Waals surface area contributed by atoms with Crippen LogP contribution in [0.15, 0.2) is 48.8 Å². The number of carbonyl (C=O) groups is 1. The quantitative estimate of drug-likeness (QED) is 0.692. The standard InChI is InChI=1S/C25H28N4O2/c1-18-20(15-19-5-7-21(8-6-19)29-13-4-9-27-29)16-22-24(31-14-10-26-25(22)30)23(18)17-28-11-2-3-12-28/h4-9,13,16H,2-3,10-12,14-15,17H2,1H3,(H,26,30). The number of rotatable bonds is 5. The number of amides is 1. The maximum atomic E-state index is 12.8. The second-order valence-corrected chi connectivity index (χ2v) is 8.40. The van der Waals surface area contributed by atoms with Gasteiger partial charge in [0.1, 0.15) is 12.4 Å². The molecule has 2 aliphatic heterocycles. The Balaban J connectivity index is 1.49. The second-order valence-electron chi connectivity index (χ2n) is 8.40. The van der Waals surface area contributed by atoms with Gasteiger partial charge in [0.25, 0.3) is 5.91 Å². The minimum absolute atomic E-state index is 0.0366. The van der Waals surface area contributed by atoms with E-state index in [1.54, 1.807) is 6.20 Å². The van der Waals surface area contributed by atoms with Crippen LogP contribution in [0.3, 0.4) is 0 Å². The molecule has 0 radical (unpaired) electrons. The first-order valence-corrected chi connectivity index (χ1v) is 11.1. The molecule has 0 saturated carbocycles. The Morgan fingerprint density at radius 1 is 1.16 bits per heavy atom. The lowest BCUT2D eigenvalue weighted by Gasteiger charge is -2.22. The van der Waals surface area contributed by atoms with Crippen LogP contribution in [0, 0.1) is 6.92 Å². The Morgan fingerprint density at radius 3 is 2.71 bits per heavy atom. The Morgan fingerprint density at radius 2 is 1.97 bits per heavy atom. The van der Waals surface area contributed by atoms with E-state index in [2.05, 4.69) is 46.5 Å². The largest absolute Gasteiger partial charge is 0.491 e. The highest BCUT2D eigenvalue weighted by atomic mass is 16.5. The van der Waals surface area contributed by atoms with Crippen LogP contribution in [0.2, 0.25) is 0 Å². The lowest BCUT2D eigenvalue weighted by molar-refractivity contribution is 0.0957. The van der Waals surface area contributed by atoms with Crippen LogP contribution in [0.5, 0.6) is 5.75 Å². The second kappa shape index (κ2) is 8.55. The molecule has 1 amide bonds. The van der Waals surface area contributed by atoms with Gasteiger partial charge in [-0.25, -0.2) is 4.68 Å². The SMILES string of the molecule is Cc1c(Cc2ccc(-n3cccn3)cc2)cc2c(c1CN1CCCC1)OCCNC2=O. The molecule has 3 heterocycles. The summed E-state index contributed by atoms with van der Waals surface area (Å²) in [5.74, 6) is 0.739. The van der Waals surface area contributed by atoms with E-state index >= 15 is 0 Å². The van der Waals surface area contributed by atoms with Crippen molar-refractivity contribution >= 4 is 5.91 Å². The summed E-state index contributed by atoms with van der Waals surface area (Å²) in [6.45, 7) is 6.29. The number of carbonyl (C=O) groups excluding carboxylic acids is 1. The average Bonchev–Trinajstić information content (AvgIpc) is 3.47. The zero-order valence-electron chi connectivity index (χ0n) is 17.9. The van der Waals surface area contributed by atoms with Gasteiger partial charge in [-0.05, 0) is 80.2 Å². The number of nitrogens with zero attached hydrogens (tertiary/aromatic N) is 3. The van der Waals surface area contributed by atoms with Crippen LogP contribution in [0.25, 0.3) is 5.69 Å². The molecule has 2 aromatic carbocycles. The van der Waals surface area contributed by atoms with Gasteiger partial charge in [-0.1, -0.05) is 12.1 Å². The van der Waals surface area contributed by atoms with E-state index in [9.17, 15) is 4.79 Å². The maximum Gasteiger partial charge on any atom is 0.255 e. The van der Waals surface area contributed by atoms with E-state index in [1.807, 2.05) is 23.0 Å². The molecule has 2 aliphatic rings. The molecule has 0 atom stereocenters. The van der Waals surface area contributed by atoms with E-state index in [0.717, 1.165) is 37.5 Å². The summed E-state index contributed by atoms with van der Waals surface area (Å²) in [7, 11) is 0. The van der Waals surface area contributed by atoms with Crippen LogP contribution in [0.1, 0.15) is 45.5 Å². The van der Waals surface area contributed by atoms with Crippen molar-refractivity contribution in [2.45, 2.75) is 32.7 Å². The van der Waals surface area contributed by atoms with Gasteiger partial charge in [0, 0.05) is 24.5 Å². The molecule has 160 valence electrons. The third-order valence-electron chi connectivity index (χ3n) is 6.33. The topological polar surface area (TPSA) is 59.4 Å². The Labute approximate surface area is 182 Å². The number of aromatic nitrogens is 2. The molecule has 31 heavy (non-hydrogen) atoms. The summed E-state index contributed by atoms with van der Waals surface area (Å²) in [5.41, 5.74) is 6.49. The average molecular weight is 417 g/mol. The number of fused-ring (bicyclic) bond motifs is 1. The van der Waals surface area contributed by atoms with Crippen molar-refractivity contribution in [3.05, 3.63) is 76.6 Å². The molecule has 1 N–H and O–H groups in total. The molecule has 1 fully saturated rings. The van der Waals surface area contributed by atoms with Gasteiger partial charge in [-0.15, -0.1) is 0 Å². The molecule has 5 rings (SSSR count). The number of benzene rings is 2. The summed E-state index contributed by atoms with van der Waals surface area (Å²) in [6.07, 6.45) is 6.98. The van der Waals surface area contributed by atoms with Crippen molar-refractivity contribution in [2.24, 2.45) is 0 Å². The van der Waals surface area contributed by atoms with Crippen LogP contribution in [-0.2, 0) is 13.0 Å². The Bertz CT molecular complexity index is 1070. The van der Waals surface area contributed by atoms with Gasteiger partial charge in [0.05, 0.1) is 17.8 Å². The molecule has 3 aromatic rings. The van der Waals surface area contributed by atoms with Crippen LogP contribution < -0.4 is 10.1 Å². The highest BCUT2D eigenvalue weighted by Crippen LogP contribution is 2.34. The first kappa shape index (κ1) is 19.8. The molecule has 1 aromatic heterocycles. The van der Waals surface area contributed by atoms with E-state index < -0.39 is 0 Å². The molecule has 0 aliphatic carbocycles. The highest BCUT2D eigenvalue weighted by molar-refractivity contribution is 5.98. The molecule has 0 spiro atoms. The molecule has 0 bridgehead atoms. The number of hydrogen-bond acceptors (Lipinski definition) is 4. The predicted octanol–water partition coefficient (Wildman–Crippen LogP) is 3.49. The van der Waals surface area contributed by atoms with Crippen LogP contribution >= 0.6 is 0 Å². The predicted molar refractivity (Wildman–Crippen MR) is 120 cm³/mol. The summed E-state index contributed by atoms with van der Waals surface area (Å²) in [6, 6.07) is 12.4. The summed E-state index contributed by atoms with van der Waals surface area (Å²) >= 11 is 0. The van der Waals surface area contributed by atoms with Crippen LogP contribution in [-0.4, -0.2) is 46.8 Å². The summed E-state index contributed by atoms with van der Waals surface area (Å²) < 4.78 is 7.94. The van der Waals surface area contributed by atoms with E-state index in [1.165, 1.54) is 35.1 Å². The smallest absolute Gasteiger partial charge is 0.255 e. The monoisotopic (exact) mass is 416 g/mol. The lowest BCUT2D eigenvalue weighted by Crippen LogP contribution is -2.24. The van der Waals surface area contributed by atoms with Crippen molar-refractivity contribution in [1.82, 2.24) is 20.0 Å². The summed E-state index contributed by atoms with van der Waals surface area (Å²) in [5, 5.41) is 7.26. The molecule has 1 saturated heterocycles. The van der Waals surface area contributed by atoms with Crippen LogP contribution in [0.4, 0.5) is 0 Å².